The van der Waals surface area contributed by atoms with Crippen LogP contribution in [0, 0.1) is 5.82 Å². The molecular weight excluding hydrogens is 482 g/mol. The van der Waals surface area contributed by atoms with Gasteiger partial charge in [0.05, 0.1) is 6.54 Å². The van der Waals surface area contributed by atoms with Gasteiger partial charge in [0.25, 0.3) is 5.91 Å². The van der Waals surface area contributed by atoms with E-state index in [1.165, 1.54) is 6.07 Å². The number of hydrogen-bond acceptors (Lipinski definition) is 2. The molecule has 2 aromatic carbocycles. The summed E-state index contributed by atoms with van der Waals surface area (Å²) in [6.07, 6.45) is 0. The first-order valence-electron chi connectivity index (χ1n) is 9.45. The lowest BCUT2D eigenvalue weighted by Gasteiger charge is -2.27. The highest BCUT2D eigenvalue weighted by molar-refractivity contribution is 14.0. The number of amides is 1. The molecule has 0 aliphatic heterocycles. The molecule has 158 valence electrons. The van der Waals surface area contributed by atoms with E-state index >= 15 is 0 Å². The number of rotatable bonds is 7. The fraction of sp³-hybridized carbons (Fsp3) is 0.364. The third-order valence-electron chi connectivity index (χ3n) is 4.51. The molecular formula is C22H30FIN4O. The van der Waals surface area contributed by atoms with Crippen LogP contribution in [0.5, 0.6) is 0 Å². The maximum absolute atomic E-state index is 13.5. The van der Waals surface area contributed by atoms with Crippen LogP contribution in [0.1, 0.15) is 42.3 Å². The third kappa shape index (κ3) is 7.64. The molecule has 2 aromatic rings. The van der Waals surface area contributed by atoms with Gasteiger partial charge >= 0.3 is 0 Å². The van der Waals surface area contributed by atoms with Crippen molar-refractivity contribution in [3.63, 3.8) is 0 Å². The molecule has 1 amide bonds. The zero-order valence-electron chi connectivity index (χ0n) is 17.4. The molecule has 29 heavy (non-hydrogen) atoms. The molecule has 0 saturated carbocycles. The van der Waals surface area contributed by atoms with Gasteiger partial charge in [-0.2, -0.15) is 0 Å². The van der Waals surface area contributed by atoms with Crippen molar-refractivity contribution >= 4 is 35.8 Å². The lowest BCUT2D eigenvalue weighted by atomic mass is 9.84. The van der Waals surface area contributed by atoms with Gasteiger partial charge in [0, 0.05) is 31.1 Å². The molecule has 5 nitrogen and oxygen atoms in total. The van der Waals surface area contributed by atoms with Gasteiger partial charge in [-0.3, -0.25) is 4.79 Å². The number of aliphatic imine (C=N–C) groups is 1. The SMILES string of the molecule is CCNC(=NCc1ccc(C(=O)NC)cc1)NCC(C)(C)c1cccc(F)c1.I. The second-order valence-electron chi connectivity index (χ2n) is 7.22. The number of hydrogen-bond donors (Lipinski definition) is 3. The van der Waals surface area contributed by atoms with Crippen LogP contribution >= 0.6 is 24.0 Å². The summed E-state index contributed by atoms with van der Waals surface area (Å²) in [5.41, 5.74) is 2.31. The number of benzene rings is 2. The summed E-state index contributed by atoms with van der Waals surface area (Å²) in [5, 5.41) is 9.17. The molecule has 0 fully saturated rings. The monoisotopic (exact) mass is 512 g/mol. The molecule has 0 radical (unpaired) electrons. The number of carbonyl (C=O) groups is 1. The van der Waals surface area contributed by atoms with E-state index in [1.54, 1.807) is 31.3 Å². The van der Waals surface area contributed by atoms with Crippen LogP contribution in [0.2, 0.25) is 0 Å². The zero-order chi connectivity index (χ0) is 20.6. The fourth-order valence-corrected chi connectivity index (χ4v) is 2.73. The normalized spacial score (nSPS) is 11.4. The largest absolute Gasteiger partial charge is 0.357 e. The Hall–Kier alpha value is -2.16. The Morgan fingerprint density at radius 3 is 2.38 bits per heavy atom. The van der Waals surface area contributed by atoms with Gasteiger partial charge in [-0.15, -0.1) is 24.0 Å². The van der Waals surface area contributed by atoms with Crippen molar-refractivity contribution in [3.8, 4) is 0 Å². The summed E-state index contributed by atoms with van der Waals surface area (Å²) in [5.74, 6) is 0.360. The lowest BCUT2D eigenvalue weighted by Crippen LogP contribution is -2.43. The summed E-state index contributed by atoms with van der Waals surface area (Å²) in [6, 6.07) is 14.1. The summed E-state index contributed by atoms with van der Waals surface area (Å²) in [7, 11) is 1.61. The van der Waals surface area contributed by atoms with E-state index in [1.807, 2.05) is 25.1 Å². The van der Waals surface area contributed by atoms with E-state index in [9.17, 15) is 9.18 Å². The zero-order valence-corrected chi connectivity index (χ0v) is 19.7. The predicted octanol–water partition coefficient (Wildman–Crippen LogP) is 3.84. The number of nitrogens with zero attached hydrogens (tertiary/aromatic N) is 1. The van der Waals surface area contributed by atoms with Gasteiger partial charge in [-0.05, 0) is 42.3 Å². The highest BCUT2D eigenvalue weighted by Crippen LogP contribution is 2.22. The van der Waals surface area contributed by atoms with Crippen LogP contribution < -0.4 is 16.0 Å². The quantitative estimate of drug-likeness (QED) is 0.300. The van der Waals surface area contributed by atoms with E-state index in [2.05, 4.69) is 34.8 Å². The number of halogens is 2. The molecule has 0 saturated heterocycles. The van der Waals surface area contributed by atoms with Crippen LogP contribution in [0.3, 0.4) is 0 Å². The third-order valence-corrected chi connectivity index (χ3v) is 4.51. The molecule has 0 unspecified atom stereocenters. The summed E-state index contributed by atoms with van der Waals surface area (Å²) >= 11 is 0. The smallest absolute Gasteiger partial charge is 0.251 e. The molecule has 0 spiro atoms. The molecule has 0 atom stereocenters. The first-order valence-corrected chi connectivity index (χ1v) is 9.45. The molecule has 0 aliphatic carbocycles. The Balaban J connectivity index is 0.00000420. The van der Waals surface area contributed by atoms with Gasteiger partial charge in [0.2, 0.25) is 0 Å². The van der Waals surface area contributed by atoms with Gasteiger partial charge in [-0.1, -0.05) is 38.1 Å². The Morgan fingerprint density at radius 1 is 1.10 bits per heavy atom. The van der Waals surface area contributed by atoms with Crippen molar-refractivity contribution in [2.75, 3.05) is 20.1 Å². The maximum atomic E-state index is 13.5. The van der Waals surface area contributed by atoms with Gasteiger partial charge < -0.3 is 16.0 Å². The second kappa shape index (κ2) is 11.7. The molecule has 3 N–H and O–H groups in total. The first-order chi connectivity index (χ1) is 13.4. The van der Waals surface area contributed by atoms with Gasteiger partial charge in [0.15, 0.2) is 5.96 Å². The van der Waals surface area contributed by atoms with Crippen LogP contribution in [-0.2, 0) is 12.0 Å². The molecule has 0 aliphatic rings. The topological polar surface area (TPSA) is 65.5 Å². The van der Waals surface area contributed by atoms with E-state index in [-0.39, 0.29) is 41.1 Å². The van der Waals surface area contributed by atoms with E-state index in [4.69, 9.17) is 0 Å². The van der Waals surface area contributed by atoms with Crippen LogP contribution in [0.15, 0.2) is 53.5 Å². The van der Waals surface area contributed by atoms with Crippen molar-refractivity contribution in [1.29, 1.82) is 0 Å². The number of carbonyl (C=O) groups excluding carboxylic acids is 1. The minimum absolute atomic E-state index is 0. The average molecular weight is 512 g/mol. The maximum Gasteiger partial charge on any atom is 0.251 e. The average Bonchev–Trinajstić information content (AvgIpc) is 2.70. The van der Waals surface area contributed by atoms with Crippen molar-refractivity contribution in [1.82, 2.24) is 16.0 Å². The van der Waals surface area contributed by atoms with Crippen molar-refractivity contribution < 1.29 is 9.18 Å². The van der Waals surface area contributed by atoms with Crippen molar-refractivity contribution in [3.05, 3.63) is 71.0 Å². The summed E-state index contributed by atoms with van der Waals surface area (Å²) in [4.78, 5) is 16.2. The molecule has 0 aromatic heterocycles. The Bertz CT molecular complexity index is 822. The van der Waals surface area contributed by atoms with E-state index in [0.29, 0.717) is 24.6 Å². The van der Waals surface area contributed by atoms with Crippen molar-refractivity contribution in [2.45, 2.75) is 32.7 Å². The van der Waals surface area contributed by atoms with E-state index < -0.39 is 0 Å². The predicted molar refractivity (Wildman–Crippen MR) is 127 cm³/mol. The highest BCUT2D eigenvalue weighted by Gasteiger charge is 2.21. The Morgan fingerprint density at radius 2 is 1.79 bits per heavy atom. The lowest BCUT2D eigenvalue weighted by molar-refractivity contribution is 0.0963. The second-order valence-corrected chi connectivity index (χ2v) is 7.22. The standard InChI is InChI=1S/C22H29FN4O.HI/c1-5-25-21(26-14-16-9-11-17(12-10-16)20(28)24-4)27-15-22(2,3)18-7-6-8-19(23)13-18;/h6-13H,5,14-15H2,1-4H3,(H,24,28)(H2,25,26,27);1H. The Kier molecular flexibility index (Phi) is 10.1. The first kappa shape index (κ1) is 24.9. The van der Waals surface area contributed by atoms with Gasteiger partial charge in [0.1, 0.15) is 5.82 Å². The minimum atomic E-state index is -0.256. The minimum Gasteiger partial charge on any atom is -0.357 e. The summed E-state index contributed by atoms with van der Waals surface area (Å²) in [6.45, 7) is 7.97. The Labute approximate surface area is 189 Å². The number of guanidine groups is 1. The van der Waals surface area contributed by atoms with Crippen LogP contribution in [-0.4, -0.2) is 32.0 Å². The molecule has 2 rings (SSSR count). The van der Waals surface area contributed by atoms with Crippen LogP contribution in [0.25, 0.3) is 0 Å². The molecule has 7 heteroatoms. The highest BCUT2D eigenvalue weighted by atomic mass is 127. The van der Waals surface area contributed by atoms with E-state index in [0.717, 1.165) is 17.7 Å². The molecule has 0 heterocycles. The van der Waals surface area contributed by atoms with Gasteiger partial charge in [-0.25, -0.2) is 9.38 Å². The van der Waals surface area contributed by atoms with Crippen LogP contribution in [0.4, 0.5) is 4.39 Å². The summed E-state index contributed by atoms with van der Waals surface area (Å²) < 4.78 is 13.5. The molecule has 0 bridgehead atoms. The van der Waals surface area contributed by atoms with Crippen molar-refractivity contribution in [2.24, 2.45) is 4.99 Å². The fourth-order valence-electron chi connectivity index (χ4n) is 2.73. The number of nitrogens with one attached hydrogen (secondary N) is 3.